The van der Waals surface area contributed by atoms with Crippen LogP contribution >= 0.6 is 0 Å². The maximum absolute atomic E-state index is 12.8. The highest BCUT2D eigenvalue weighted by atomic mass is 16.6. The molecule has 3 rings (SSSR count). The lowest BCUT2D eigenvalue weighted by Crippen LogP contribution is -2.27. The van der Waals surface area contributed by atoms with Crippen molar-refractivity contribution in [2.45, 2.75) is 59.6 Å². The Hall–Kier alpha value is -3.13. The fraction of sp³-hybridized carbons (Fsp3) is 0.480. The van der Waals surface area contributed by atoms with Gasteiger partial charge in [0.25, 0.3) is 5.56 Å². The van der Waals surface area contributed by atoms with Crippen LogP contribution < -0.4 is 16.0 Å². The molecular weight excluding hydrogens is 422 g/mol. The molecule has 2 heterocycles. The van der Waals surface area contributed by atoms with Crippen LogP contribution in [0.25, 0.3) is 21.7 Å². The van der Waals surface area contributed by atoms with Crippen LogP contribution in [-0.2, 0) is 11.3 Å². The number of amides is 1. The summed E-state index contributed by atoms with van der Waals surface area (Å²) in [4.78, 5) is 26.8. The lowest BCUT2D eigenvalue weighted by Gasteiger charge is -2.16. The number of hydrogen-bond donors (Lipinski definition) is 2. The predicted octanol–water partition coefficient (Wildman–Crippen LogP) is 4.24. The van der Waals surface area contributed by atoms with E-state index in [4.69, 9.17) is 10.5 Å². The third kappa shape index (κ3) is 7.75. The first kappa shape index (κ1) is 26.1. The maximum atomic E-state index is 12.8. The number of aromatic nitrogens is 2. The van der Waals surface area contributed by atoms with Crippen molar-refractivity contribution in [1.82, 2.24) is 9.55 Å². The normalized spacial score (nSPS) is 11.4. The zero-order valence-electron chi connectivity index (χ0n) is 20.1. The molecule has 0 aliphatic rings. The maximum Gasteiger partial charge on any atom is 0.405 e. The van der Waals surface area contributed by atoms with Gasteiger partial charge in [-0.1, -0.05) is 13.8 Å². The zero-order chi connectivity index (χ0) is 24.6. The Bertz CT molecular complexity index is 1130. The Morgan fingerprint density at radius 3 is 2.48 bits per heavy atom. The highest BCUT2D eigenvalue weighted by molar-refractivity contribution is 6.05. The number of carbonyl (C=O) groups excluding carboxylic acids is 1. The van der Waals surface area contributed by atoms with Crippen molar-refractivity contribution in [2.24, 2.45) is 11.7 Å². The number of aliphatic hydroxyl groups is 1. The van der Waals surface area contributed by atoms with Crippen LogP contribution in [0.15, 0.2) is 41.5 Å². The Morgan fingerprint density at radius 2 is 1.91 bits per heavy atom. The van der Waals surface area contributed by atoms with Crippen LogP contribution in [0.5, 0.6) is 5.75 Å². The molecule has 0 saturated carbocycles. The Labute approximate surface area is 194 Å². The molecule has 0 atom stereocenters. The molecule has 2 aromatic heterocycles. The first-order valence-electron chi connectivity index (χ1n) is 11.2. The van der Waals surface area contributed by atoms with E-state index in [1.54, 1.807) is 37.7 Å². The van der Waals surface area contributed by atoms with Crippen molar-refractivity contribution in [1.29, 1.82) is 0 Å². The lowest BCUT2D eigenvalue weighted by molar-refractivity contribution is 0.0600. The molecule has 0 bridgehead atoms. The Kier molecular flexibility index (Phi) is 9.22. The van der Waals surface area contributed by atoms with E-state index < -0.39 is 11.7 Å². The van der Waals surface area contributed by atoms with Gasteiger partial charge in [-0.3, -0.25) is 9.78 Å². The molecular formula is C25H35N3O5. The third-order valence-electron chi connectivity index (χ3n) is 4.77. The molecule has 33 heavy (non-hydrogen) atoms. The molecule has 0 fully saturated rings. The van der Waals surface area contributed by atoms with E-state index in [0.29, 0.717) is 17.9 Å². The largest absolute Gasteiger partial charge is 0.494 e. The van der Waals surface area contributed by atoms with Gasteiger partial charge < -0.3 is 24.9 Å². The summed E-state index contributed by atoms with van der Waals surface area (Å²) in [6.07, 6.45) is 4.68. The number of aliphatic hydroxyl groups excluding tert-OH is 1. The van der Waals surface area contributed by atoms with Crippen LogP contribution in [0.2, 0.25) is 0 Å². The molecule has 3 N–H and O–H groups in total. The van der Waals surface area contributed by atoms with E-state index in [-0.39, 0.29) is 18.7 Å². The third-order valence-corrected chi connectivity index (χ3v) is 4.77. The summed E-state index contributed by atoms with van der Waals surface area (Å²) in [6, 6.07) is 7.65. The number of carbonyl (C=O) groups is 1. The van der Waals surface area contributed by atoms with E-state index in [2.05, 4.69) is 23.6 Å². The molecule has 0 unspecified atom stereocenters. The first-order valence-corrected chi connectivity index (χ1v) is 11.2. The van der Waals surface area contributed by atoms with Crippen LogP contribution in [0.3, 0.4) is 0 Å². The standard InChI is InChI=1S/C20H24N2O3.C5H11NO2/c1-14(2)4-3-11-25-15-5-6-17-16-7-8-21-13-18(16)20(24)22(9-10-23)19(17)12-15;1-5(2,3)8-4(6)7/h5-8,12-14,23H,3-4,9-11H2,1-2H3;1-3H3,(H2,6,7). The van der Waals surface area contributed by atoms with Crippen molar-refractivity contribution in [3.63, 3.8) is 0 Å². The smallest absolute Gasteiger partial charge is 0.405 e. The average Bonchev–Trinajstić information content (AvgIpc) is 2.72. The van der Waals surface area contributed by atoms with Crippen molar-refractivity contribution in [2.75, 3.05) is 13.2 Å². The second kappa shape index (κ2) is 11.7. The fourth-order valence-electron chi connectivity index (χ4n) is 3.41. The molecule has 0 spiro atoms. The van der Waals surface area contributed by atoms with Gasteiger partial charge in [0.2, 0.25) is 0 Å². The number of nitrogens with zero attached hydrogens (tertiary/aromatic N) is 2. The van der Waals surface area contributed by atoms with Crippen molar-refractivity contribution in [3.8, 4) is 5.75 Å². The highest BCUT2D eigenvalue weighted by Crippen LogP contribution is 2.26. The minimum absolute atomic E-state index is 0.0970. The molecule has 0 radical (unpaired) electrons. The summed E-state index contributed by atoms with van der Waals surface area (Å²) in [6.45, 7) is 10.5. The van der Waals surface area contributed by atoms with Crippen molar-refractivity contribution >= 4 is 27.8 Å². The minimum atomic E-state index is -0.725. The van der Waals surface area contributed by atoms with Gasteiger partial charge in [0, 0.05) is 30.4 Å². The number of hydrogen-bond acceptors (Lipinski definition) is 6. The first-order chi connectivity index (χ1) is 15.5. The predicted molar refractivity (Wildman–Crippen MR) is 131 cm³/mol. The van der Waals surface area contributed by atoms with E-state index in [9.17, 15) is 14.7 Å². The molecule has 0 saturated heterocycles. The Morgan fingerprint density at radius 1 is 1.18 bits per heavy atom. The molecule has 0 aliphatic carbocycles. The summed E-state index contributed by atoms with van der Waals surface area (Å²) < 4.78 is 12.0. The van der Waals surface area contributed by atoms with Crippen molar-refractivity contribution in [3.05, 3.63) is 47.0 Å². The molecule has 8 nitrogen and oxygen atoms in total. The second-order valence-electron chi connectivity index (χ2n) is 9.20. The minimum Gasteiger partial charge on any atom is -0.494 e. The van der Waals surface area contributed by atoms with Gasteiger partial charge in [-0.05, 0) is 63.1 Å². The van der Waals surface area contributed by atoms with Gasteiger partial charge in [0.05, 0.1) is 24.1 Å². The summed E-state index contributed by atoms with van der Waals surface area (Å²) >= 11 is 0. The number of benzene rings is 1. The number of pyridine rings is 2. The topological polar surface area (TPSA) is 117 Å². The fourth-order valence-corrected chi connectivity index (χ4v) is 3.41. The van der Waals surface area contributed by atoms with E-state index in [0.717, 1.165) is 34.9 Å². The molecule has 180 valence electrons. The monoisotopic (exact) mass is 457 g/mol. The lowest BCUT2D eigenvalue weighted by atomic mass is 10.1. The van der Waals surface area contributed by atoms with Crippen LogP contribution in [0, 0.1) is 5.92 Å². The number of rotatable bonds is 7. The number of ether oxygens (including phenoxy) is 2. The van der Waals surface area contributed by atoms with Crippen LogP contribution in [0.4, 0.5) is 4.79 Å². The molecule has 3 aromatic rings. The Balaban J connectivity index is 0.000000414. The average molecular weight is 458 g/mol. The highest BCUT2D eigenvalue weighted by Gasteiger charge is 2.13. The number of primary amides is 1. The van der Waals surface area contributed by atoms with E-state index in [1.807, 2.05) is 24.3 Å². The molecule has 1 aromatic carbocycles. The molecule has 8 heteroatoms. The summed E-state index contributed by atoms with van der Waals surface area (Å²) in [5.74, 6) is 1.41. The summed E-state index contributed by atoms with van der Waals surface area (Å²) in [7, 11) is 0. The summed E-state index contributed by atoms with van der Waals surface area (Å²) in [5, 5.41) is 11.8. The van der Waals surface area contributed by atoms with E-state index >= 15 is 0 Å². The van der Waals surface area contributed by atoms with Gasteiger partial charge in [-0.25, -0.2) is 4.79 Å². The number of fused-ring (bicyclic) bond motifs is 3. The summed E-state index contributed by atoms with van der Waals surface area (Å²) in [5.41, 5.74) is 4.90. The quantitative estimate of drug-likeness (QED) is 0.405. The second-order valence-corrected chi connectivity index (χ2v) is 9.20. The van der Waals surface area contributed by atoms with Gasteiger partial charge in [-0.15, -0.1) is 0 Å². The molecule has 0 aliphatic heterocycles. The van der Waals surface area contributed by atoms with Crippen LogP contribution in [-0.4, -0.2) is 39.6 Å². The van der Waals surface area contributed by atoms with Crippen molar-refractivity contribution < 1.29 is 19.4 Å². The number of nitrogens with two attached hydrogens (primary N) is 1. The van der Waals surface area contributed by atoms with Gasteiger partial charge in [0.15, 0.2) is 0 Å². The zero-order valence-corrected chi connectivity index (χ0v) is 20.1. The van der Waals surface area contributed by atoms with Gasteiger partial charge in [0.1, 0.15) is 11.4 Å². The van der Waals surface area contributed by atoms with Crippen LogP contribution in [0.1, 0.15) is 47.5 Å². The van der Waals surface area contributed by atoms with E-state index in [1.165, 1.54) is 0 Å². The van der Waals surface area contributed by atoms with Gasteiger partial charge >= 0.3 is 6.09 Å². The molecule has 1 amide bonds. The SMILES string of the molecule is CC(C)(C)OC(N)=O.CC(C)CCCOc1ccc2c3ccncc3c(=O)n(CCO)c2c1. The van der Waals surface area contributed by atoms with Gasteiger partial charge in [-0.2, -0.15) is 0 Å².